The Kier molecular flexibility index (Phi) is 7.73. The van der Waals surface area contributed by atoms with Crippen molar-refractivity contribution in [2.45, 2.75) is 36.9 Å². The molecule has 5 rings (SSSR count). The minimum atomic E-state index is -0.658. The number of aromatic nitrogens is 2. The maximum absolute atomic E-state index is 13.7. The largest absolute Gasteiger partial charge is 0.496 e. The van der Waals surface area contributed by atoms with Crippen LogP contribution in [-0.4, -0.2) is 34.6 Å². The maximum Gasteiger partial charge on any atom is 0.219 e. The average molecular weight is 592 g/mol. The number of rotatable bonds is 7. The predicted octanol–water partition coefficient (Wildman–Crippen LogP) is 6.12. The number of anilines is 1. The van der Waals surface area contributed by atoms with Gasteiger partial charge in [0.2, 0.25) is 5.13 Å². The monoisotopic (exact) mass is 591 g/mol. The van der Waals surface area contributed by atoms with Crippen LogP contribution < -0.4 is 15.4 Å². The van der Waals surface area contributed by atoms with Crippen molar-refractivity contribution in [3.8, 4) is 11.8 Å². The van der Waals surface area contributed by atoms with Crippen LogP contribution >= 0.6 is 34.7 Å². The van der Waals surface area contributed by atoms with Crippen molar-refractivity contribution in [2.75, 3.05) is 17.8 Å². The van der Waals surface area contributed by atoms with Gasteiger partial charge in [0.25, 0.3) is 0 Å². The van der Waals surface area contributed by atoms with E-state index in [1.807, 2.05) is 38.1 Å². The molecule has 2 aromatic carbocycles. The topological polar surface area (TPSA) is 122 Å². The van der Waals surface area contributed by atoms with Gasteiger partial charge in [0.1, 0.15) is 11.6 Å². The van der Waals surface area contributed by atoms with Crippen molar-refractivity contribution >= 4 is 51.4 Å². The minimum Gasteiger partial charge on any atom is -0.496 e. The van der Waals surface area contributed by atoms with Crippen LogP contribution in [0.3, 0.4) is 0 Å². The van der Waals surface area contributed by atoms with E-state index >= 15 is 0 Å². The third-order valence-electron chi connectivity index (χ3n) is 6.91. The first-order chi connectivity index (χ1) is 19.1. The minimum absolute atomic E-state index is 0.0416. The summed E-state index contributed by atoms with van der Waals surface area (Å²) >= 11 is 8.45. The SMILES string of the molecule is COc1ccccc1C1C(C#N)=C(N)N(c2nnc(SCC(=O)c3ccc(Cl)cc3)s2)C2=C1C(=O)CC(C)(C)C2. The van der Waals surface area contributed by atoms with Crippen molar-refractivity contribution in [2.24, 2.45) is 11.1 Å². The fourth-order valence-electron chi connectivity index (χ4n) is 5.14. The Balaban J connectivity index is 1.53. The maximum atomic E-state index is 13.7. The molecule has 8 nitrogen and oxygen atoms in total. The molecular formula is C29H26ClN5O3S2. The number of benzene rings is 2. The number of allylic oxidation sites excluding steroid dienone is 3. The number of ether oxygens (including phenoxy) is 1. The second-order valence-corrected chi connectivity index (χ2v) is 12.9. The van der Waals surface area contributed by atoms with E-state index in [0.29, 0.717) is 55.5 Å². The quantitative estimate of drug-likeness (QED) is 0.256. The molecule has 40 heavy (non-hydrogen) atoms. The first kappa shape index (κ1) is 27.9. The van der Waals surface area contributed by atoms with Crippen LogP contribution in [0.1, 0.15) is 48.5 Å². The van der Waals surface area contributed by atoms with E-state index in [9.17, 15) is 14.9 Å². The second-order valence-electron chi connectivity index (χ2n) is 10.3. The van der Waals surface area contributed by atoms with Crippen LogP contribution in [0, 0.1) is 16.7 Å². The van der Waals surface area contributed by atoms with Gasteiger partial charge < -0.3 is 10.5 Å². The van der Waals surface area contributed by atoms with Gasteiger partial charge in [0.05, 0.1) is 30.4 Å². The summed E-state index contributed by atoms with van der Waals surface area (Å²) in [5, 5.41) is 20.0. The fraction of sp³-hybridized carbons (Fsp3) is 0.276. The van der Waals surface area contributed by atoms with Gasteiger partial charge in [-0.15, -0.1) is 10.2 Å². The molecule has 1 aromatic heterocycles. The average Bonchev–Trinajstić information content (AvgIpc) is 3.39. The number of carbonyl (C=O) groups excluding carboxylic acids is 2. The van der Waals surface area contributed by atoms with E-state index in [-0.39, 0.29) is 34.1 Å². The Bertz CT molecular complexity index is 1600. The molecule has 1 atom stereocenters. The third-order valence-corrected chi connectivity index (χ3v) is 9.20. The number of thioether (sulfide) groups is 1. The van der Waals surface area contributed by atoms with E-state index < -0.39 is 5.92 Å². The number of carbonyl (C=O) groups is 2. The van der Waals surface area contributed by atoms with Crippen LogP contribution in [0.5, 0.6) is 5.75 Å². The number of ketones is 2. The molecule has 2 N–H and O–H groups in total. The Morgan fingerprint density at radius 3 is 2.65 bits per heavy atom. The number of hydrogen-bond acceptors (Lipinski definition) is 10. The lowest BCUT2D eigenvalue weighted by atomic mass is 9.68. The standard InChI is InChI=1S/C29H26ClN5O3S2/c1-29(2)12-20-25(21(36)13-29)24(18-6-4-5-7-23(18)38-3)19(14-31)26(32)35(20)27-33-34-28(40-27)39-15-22(37)16-8-10-17(30)11-9-16/h4-11,24H,12-13,15,32H2,1-3H3. The Morgan fingerprint density at radius 1 is 1.23 bits per heavy atom. The van der Waals surface area contributed by atoms with Crippen LogP contribution in [0.15, 0.2) is 75.5 Å². The lowest BCUT2D eigenvalue weighted by Crippen LogP contribution is -2.42. The summed E-state index contributed by atoms with van der Waals surface area (Å²) in [5.74, 6) is 0.181. The first-order valence-corrected chi connectivity index (χ1v) is 14.7. The zero-order valence-corrected chi connectivity index (χ0v) is 24.5. The molecule has 1 aliphatic carbocycles. The molecule has 0 saturated heterocycles. The summed E-state index contributed by atoms with van der Waals surface area (Å²) in [5.41, 5.74) is 9.13. The van der Waals surface area contributed by atoms with Gasteiger partial charge in [-0.3, -0.25) is 14.5 Å². The number of Topliss-reactive ketones (excluding diaryl/α,β-unsaturated/α-hetero) is 2. The van der Waals surface area contributed by atoms with Crippen LogP contribution in [-0.2, 0) is 4.79 Å². The molecule has 0 bridgehead atoms. The van der Waals surface area contributed by atoms with Gasteiger partial charge >= 0.3 is 0 Å². The summed E-state index contributed by atoms with van der Waals surface area (Å²) in [6.45, 7) is 4.07. The lowest BCUT2D eigenvalue weighted by molar-refractivity contribution is -0.118. The van der Waals surface area contributed by atoms with E-state index in [1.54, 1.807) is 36.3 Å². The van der Waals surface area contributed by atoms with E-state index in [1.165, 1.54) is 23.1 Å². The second kappa shape index (κ2) is 11.1. The molecule has 0 fully saturated rings. The molecule has 1 unspecified atom stereocenters. The summed E-state index contributed by atoms with van der Waals surface area (Å²) in [6.07, 6.45) is 0.893. The third kappa shape index (κ3) is 5.24. The van der Waals surface area contributed by atoms with Crippen LogP contribution in [0.4, 0.5) is 5.13 Å². The Hall–Kier alpha value is -3.65. The molecule has 0 radical (unpaired) electrons. The summed E-state index contributed by atoms with van der Waals surface area (Å²) in [7, 11) is 1.56. The molecular weight excluding hydrogens is 566 g/mol. The molecule has 0 saturated carbocycles. The van der Waals surface area contributed by atoms with Gasteiger partial charge in [0.15, 0.2) is 15.9 Å². The molecule has 2 heterocycles. The van der Waals surface area contributed by atoms with Gasteiger partial charge in [-0.05, 0) is 42.2 Å². The molecule has 3 aromatic rings. The van der Waals surface area contributed by atoms with Crippen LogP contribution in [0.25, 0.3) is 0 Å². The van der Waals surface area contributed by atoms with Crippen molar-refractivity contribution < 1.29 is 14.3 Å². The lowest BCUT2D eigenvalue weighted by Gasteiger charge is -2.42. The highest BCUT2D eigenvalue weighted by Crippen LogP contribution is 2.52. The smallest absolute Gasteiger partial charge is 0.219 e. The highest BCUT2D eigenvalue weighted by atomic mass is 35.5. The number of para-hydroxylation sites is 1. The zero-order valence-electron chi connectivity index (χ0n) is 22.1. The number of halogens is 1. The number of nitrogens with two attached hydrogens (primary N) is 1. The molecule has 204 valence electrons. The van der Waals surface area contributed by atoms with Gasteiger partial charge in [-0.1, -0.05) is 66.7 Å². The predicted molar refractivity (Wildman–Crippen MR) is 157 cm³/mol. The molecule has 11 heteroatoms. The number of hydrogen-bond donors (Lipinski definition) is 1. The number of nitrogens with zero attached hydrogens (tertiary/aromatic N) is 4. The van der Waals surface area contributed by atoms with E-state index in [4.69, 9.17) is 22.1 Å². The van der Waals surface area contributed by atoms with Crippen molar-refractivity contribution in [1.29, 1.82) is 5.26 Å². The molecule has 2 aliphatic rings. The highest BCUT2D eigenvalue weighted by Gasteiger charge is 2.46. The van der Waals surface area contributed by atoms with Crippen molar-refractivity contribution in [1.82, 2.24) is 10.2 Å². The van der Waals surface area contributed by atoms with Crippen molar-refractivity contribution in [3.63, 3.8) is 0 Å². The van der Waals surface area contributed by atoms with Crippen LogP contribution in [0.2, 0.25) is 5.02 Å². The van der Waals surface area contributed by atoms with Crippen molar-refractivity contribution in [3.05, 3.63) is 87.3 Å². The molecule has 0 spiro atoms. The Labute approximate surface area is 245 Å². The molecule has 1 aliphatic heterocycles. The molecule has 0 amide bonds. The summed E-state index contributed by atoms with van der Waals surface area (Å²) in [6, 6.07) is 16.4. The van der Waals surface area contributed by atoms with Gasteiger partial charge in [-0.2, -0.15) is 5.26 Å². The number of methoxy groups -OCH3 is 1. The van der Waals surface area contributed by atoms with Gasteiger partial charge in [-0.25, -0.2) is 0 Å². The highest BCUT2D eigenvalue weighted by molar-refractivity contribution is 8.01. The fourth-order valence-corrected chi connectivity index (χ4v) is 7.04. The van der Waals surface area contributed by atoms with E-state index in [2.05, 4.69) is 16.3 Å². The van der Waals surface area contributed by atoms with Gasteiger partial charge in [0, 0.05) is 33.8 Å². The number of nitriles is 1. The normalized spacial score (nSPS) is 18.4. The summed E-state index contributed by atoms with van der Waals surface area (Å²) in [4.78, 5) is 28.1. The van der Waals surface area contributed by atoms with E-state index in [0.717, 1.165) is 0 Å². The first-order valence-electron chi connectivity index (χ1n) is 12.5. The Morgan fingerprint density at radius 2 is 1.95 bits per heavy atom. The zero-order chi connectivity index (χ0) is 28.6. The summed E-state index contributed by atoms with van der Waals surface area (Å²) < 4.78 is 6.17.